The molecule has 3 atom stereocenters. The van der Waals surface area contributed by atoms with Crippen molar-refractivity contribution in [2.45, 2.75) is 37.6 Å². The molecule has 0 radical (unpaired) electrons. The summed E-state index contributed by atoms with van der Waals surface area (Å²) in [5, 5.41) is 9.20. The first-order chi connectivity index (χ1) is 9.95. The van der Waals surface area contributed by atoms with Crippen LogP contribution >= 0.6 is 11.8 Å². The molecule has 3 amide bonds. The molecule has 0 spiro atoms. The number of carbonyl (C=O) groups is 3. The molecule has 0 bridgehead atoms. The standard InChI is InChI=1S/C13H21N3O4S/c1-2-10-16(9(7-21-10)12(18)19)11(17)8-4-3-5-15(6-8)13(14)20/h8-10H,2-7H2,1H3,(H2,14,20)(H,18,19). The van der Waals surface area contributed by atoms with Gasteiger partial charge in [0.15, 0.2) is 0 Å². The van der Waals surface area contributed by atoms with Gasteiger partial charge in [-0.25, -0.2) is 9.59 Å². The van der Waals surface area contributed by atoms with Crippen LogP contribution in [0.3, 0.4) is 0 Å². The van der Waals surface area contributed by atoms with Crippen LogP contribution in [0.4, 0.5) is 4.79 Å². The summed E-state index contributed by atoms with van der Waals surface area (Å²) in [6.45, 7) is 2.80. The molecule has 2 aliphatic heterocycles. The van der Waals surface area contributed by atoms with Crippen molar-refractivity contribution in [2.24, 2.45) is 11.7 Å². The minimum atomic E-state index is -0.964. The van der Waals surface area contributed by atoms with Crippen molar-refractivity contribution in [3.63, 3.8) is 0 Å². The Morgan fingerprint density at radius 1 is 1.38 bits per heavy atom. The van der Waals surface area contributed by atoms with Gasteiger partial charge in [0.25, 0.3) is 0 Å². The van der Waals surface area contributed by atoms with E-state index in [1.54, 1.807) is 0 Å². The maximum Gasteiger partial charge on any atom is 0.327 e. The summed E-state index contributed by atoms with van der Waals surface area (Å²) < 4.78 is 0. The minimum absolute atomic E-state index is 0.0949. The molecule has 0 aromatic rings. The van der Waals surface area contributed by atoms with E-state index in [0.29, 0.717) is 25.1 Å². The Hall–Kier alpha value is -1.44. The van der Waals surface area contributed by atoms with Gasteiger partial charge >= 0.3 is 12.0 Å². The molecule has 0 saturated carbocycles. The number of rotatable bonds is 3. The molecule has 2 heterocycles. The van der Waals surface area contributed by atoms with Crippen LogP contribution in [0.1, 0.15) is 26.2 Å². The number of amides is 3. The molecule has 0 aromatic heterocycles. The lowest BCUT2D eigenvalue weighted by atomic mass is 9.96. The summed E-state index contributed by atoms with van der Waals surface area (Å²) in [5.74, 6) is -1.05. The fraction of sp³-hybridized carbons (Fsp3) is 0.769. The highest BCUT2D eigenvalue weighted by atomic mass is 32.2. The molecular weight excluding hydrogens is 294 g/mol. The second kappa shape index (κ2) is 6.55. The molecule has 7 nitrogen and oxygen atoms in total. The molecule has 2 saturated heterocycles. The Labute approximate surface area is 127 Å². The van der Waals surface area contributed by atoms with Crippen LogP contribution in [0.15, 0.2) is 0 Å². The van der Waals surface area contributed by atoms with Crippen molar-refractivity contribution < 1.29 is 19.5 Å². The SMILES string of the molecule is CCC1SCC(C(=O)O)N1C(=O)C1CCCN(C(N)=O)C1. The third-order valence-electron chi connectivity index (χ3n) is 4.06. The molecule has 2 rings (SSSR count). The van der Waals surface area contributed by atoms with Gasteiger partial charge in [0.1, 0.15) is 6.04 Å². The van der Waals surface area contributed by atoms with Crippen LogP contribution in [0.5, 0.6) is 0 Å². The third-order valence-corrected chi connectivity index (χ3v) is 5.52. The van der Waals surface area contributed by atoms with Crippen LogP contribution < -0.4 is 5.73 Å². The van der Waals surface area contributed by atoms with Gasteiger partial charge in [0.05, 0.1) is 11.3 Å². The van der Waals surface area contributed by atoms with Gasteiger partial charge in [-0.15, -0.1) is 11.8 Å². The van der Waals surface area contributed by atoms with E-state index in [2.05, 4.69) is 0 Å². The first-order valence-corrected chi connectivity index (χ1v) is 8.21. The van der Waals surface area contributed by atoms with E-state index in [0.717, 1.165) is 6.42 Å². The summed E-state index contributed by atoms with van der Waals surface area (Å²) in [7, 11) is 0. The molecule has 3 unspecified atom stereocenters. The number of carboxylic acids is 1. The average molecular weight is 315 g/mol. The number of nitrogens with zero attached hydrogens (tertiary/aromatic N) is 2. The van der Waals surface area contributed by atoms with E-state index in [9.17, 15) is 19.5 Å². The minimum Gasteiger partial charge on any atom is -0.480 e. The zero-order chi connectivity index (χ0) is 15.6. The van der Waals surface area contributed by atoms with E-state index in [1.807, 2.05) is 6.92 Å². The average Bonchev–Trinajstić information content (AvgIpc) is 2.90. The summed E-state index contributed by atoms with van der Waals surface area (Å²) in [6.07, 6.45) is 2.11. The van der Waals surface area contributed by atoms with Gasteiger partial charge in [-0.3, -0.25) is 4.79 Å². The zero-order valence-corrected chi connectivity index (χ0v) is 12.8. The number of nitrogens with two attached hydrogens (primary N) is 1. The number of likely N-dealkylation sites (tertiary alicyclic amines) is 1. The molecule has 21 heavy (non-hydrogen) atoms. The summed E-state index contributed by atoms with van der Waals surface area (Å²) in [4.78, 5) is 38.3. The Kier molecular flexibility index (Phi) is 4.97. The maximum absolute atomic E-state index is 12.7. The van der Waals surface area contributed by atoms with E-state index >= 15 is 0 Å². The number of piperidine rings is 1. The molecule has 2 aliphatic rings. The van der Waals surface area contributed by atoms with Crippen molar-refractivity contribution in [1.29, 1.82) is 0 Å². The maximum atomic E-state index is 12.7. The fourth-order valence-electron chi connectivity index (χ4n) is 2.95. The van der Waals surface area contributed by atoms with Gasteiger partial charge in [0, 0.05) is 18.8 Å². The van der Waals surface area contributed by atoms with E-state index in [1.165, 1.54) is 21.6 Å². The first-order valence-electron chi connectivity index (χ1n) is 7.16. The number of hydrogen-bond acceptors (Lipinski definition) is 4. The van der Waals surface area contributed by atoms with Gasteiger partial charge in [-0.2, -0.15) is 0 Å². The Morgan fingerprint density at radius 2 is 2.10 bits per heavy atom. The second-order valence-electron chi connectivity index (χ2n) is 5.42. The monoisotopic (exact) mass is 315 g/mol. The summed E-state index contributed by atoms with van der Waals surface area (Å²) in [5.41, 5.74) is 5.28. The van der Waals surface area contributed by atoms with Gasteiger partial charge < -0.3 is 20.6 Å². The highest BCUT2D eigenvalue weighted by Gasteiger charge is 2.43. The lowest BCUT2D eigenvalue weighted by Crippen LogP contribution is -2.52. The highest BCUT2D eigenvalue weighted by Crippen LogP contribution is 2.34. The summed E-state index contributed by atoms with van der Waals surface area (Å²) >= 11 is 1.51. The first kappa shape index (κ1) is 15.9. The number of carboxylic acid groups (broad SMARTS) is 1. The predicted molar refractivity (Wildman–Crippen MR) is 78.7 cm³/mol. The number of carbonyl (C=O) groups excluding carboxylic acids is 2. The van der Waals surface area contributed by atoms with Crippen molar-refractivity contribution in [2.75, 3.05) is 18.8 Å². The molecule has 3 N–H and O–H groups in total. The van der Waals surface area contributed by atoms with Crippen molar-refractivity contribution >= 4 is 29.7 Å². The fourth-order valence-corrected chi connectivity index (χ4v) is 4.31. The molecule has 118 valence electrons. The highest BCUT2D eigenvalue weighted by molar-refractivity contribution is 8.00. The predicted octanol–water partition coefficient (Wildman–Crippen LogP) is 0.542. The second-order valence-corrected chi connectivity index (χ2v) is 6.63. The number of hydrogen-bond donors (Lipinski definition) is 2. The van der Waals surface area contributed by atoms with Crippen LogP contribution in [0.2, 0.25) is 0 Å². The number of urea groups is 1. The van der Waals surface area contributed by atoms with Crippen molar-refractivity contribution in [3.05, 3.63) is 0 Å². The Bertz CT molecular complexity index is 445. The van der Waals surface area contributed by atoms with E-state index in [-0.39, 0.29) is 23.7 Å². The van der Waals surface area contributed by atoms with Crippen LogP contribution in [0, 0.1) is 5.92 Å². The van der Waals surface area contributed by atoms with E-state index in [4.69, 9.17) is 5.73 Å². The quantitative estimate of drug-likeness (QED) is 0.791. The lowest BCUT2D eigenvalue weighted by Gasteiger charge is -2.35. The van der Waals surface area contributed by atoms with Gasteiger partial charge in [-0.1, -0.05) is 6.92 Å². The molecule has 0 aromatic carbocycles. The topological polar surface area (TPSA) is 104 Å². The van der Waals surface area contributed by atoms with Crippen LogP contribution in [-0.4, -0.2) is 63.1 Å². The number of primary amides is 1. The molecule has 0 aliphatic carbocycles. The zero-order valence-electron chi connectivity index (χ0n) is 12.0. The Balaban J connectivity index is 2.12. The molecule has 2 fully saturated rings. The Morgan fingerprint density at radius 3 is 2.67 bits per heavy atom. The normalized spacial score (nSPS) is 29.5. The molecule has 8 heteroatoms. The van der Waals surface area contributed by atoms with Crippen LogP contribution in [-0.2, 0) is 9.59 Å². The number of aliphatic carboxylic acids is 1. The van der Waals surface area contributed by atoms with Crippen molar-refractivity contribution in [3.8, 4) is 0 Å². The van der Waals surface area contributed by atoms with Gasteiger partial charge in [0.2, 0.25) is 5.91 Å². The third kappa shape index (κ3) is 3.25. The van der Waals surface area contributed by atoms with Crippen LogP contribution in [0.25, 0.3) is 0 Å². The molecular formula is C13H21N3O4S. The smallest absolute Gasteiger partial charge is 0.327 e. The largest absolute Gasteiger partial charge is 0.480 e. The van der Waals surface area contributed by atoms with E-state index < -0.39 is 18.0 Å². The van der Waals surface area contributed by atoms with Gasteiger partial charge in [-0.05, 0) is 19.3 Å². The number of thioether (sulfide) groups is 1. The lowest BCUT2D eigenvalue weighted by molar-refractivity contribution is -0.151. The summed E-state index contributed by atoms with van der Waals surface area (Å²) in [6, 6.07) is -1.29. The van der Waals surface area contributed by atoms with Crippen molar-refractivity contribution in [1.82, 2.24) is 9.80 Å².